The lowest BCUT2D eigenvalue weighted by Gasteiger charge is -2.12. The first-order valence-corrected chi connectivity index (χ1v) is 10.4. The van der Waals surface area contributed by atoms with Crippen molar-refractivity contribution in [1.82, 2.24) is 0 Å². The van der Waals surface area contributed by atoms with Gasteiger partial charge in [0.15, 0.2) is 0 Å². The SMILES string of the molecule is CCOC(=O)c1oc2cc(OS(C)(=O)=O)ccc2c(=O)c1-c1ccccc1OC. The van der Waals surface area contributed by atoms with Gasteiger partial charge in [0.1, 0.15) is 17.1 Å². The van der Waals surface area contributed by atoms with Crippen LogP contribution in [0.1, 0.15) is 17.5 Å². The van der Waals surface area contributed by atoms with E-state index in [-0.39, 0.29) is 34.6 Å². The third kappa shape index (κ3) is 4.24. The molecule has 152 valence electrons. The first-order chi connectivity index (χ1) is 13.7. The van der Waals surface area contributed by atoms with E-state index < -0.39 is 21.5 Å². The molecule has 0 N–H and O–H groups in total. The van der Waals surface area contributed by atoms with E-state index in [1.807, 2.05) is 0 Å². The first kappa shape index (κ1) is 20.4. The van der Waals surface area contributed by atoms with Gasteiger partial charge in [-0.2, -0.15) is 8.42 Å². The number of carbonyl (C=O) groups excluding carboxylic acids is 1. The number of methoxy groups -OCH3 is 1. The maximum absolute atomic E-state index is 13.2. The van der Waals surface area contributed by atoms with Crippen LogP contribution in [0.4, 0.5) is 0 Å². The lowest BCUT2D eigenvalue weighted by Crippen LogP contribution is -2.15. The molecule has 29 heavy (non-hydrogen) atoms. The number of hydrogen-bond donors (Lipinski definition) is 0. The Labute approximate surface area is 166 Å². The fraction of sp³-hybridized carbons (Fsp3) is 0.200. The standard InChI is InChI=1S/C20H18O8S/c1-4-26-20(22)19-17(13-7-5-6-8-15(13)25-2)18(21)14-10-9-12(11-16(14)27-19)28-29(3,23)24/h5-11H,4H2,1-3H3. The fourth-order valence-corrected chi connectivity index (χ4v) is 3.29. The predicted molar refractivity (Wildman–Crippen MR) is 106 cm³/mol. The summed E-state index contributed by atoms with van der Waals surface area (Å²) in [5.74, 6) is -0.822. The summed E-state index contributed by atoms with van der Waals surface area (Å²) < 4.78 is 43.6. The Morgan fingerprint density at radius 1 is 1.14 bits per heavy atom. The number of esters is 1. The Hall–Kier alpha value is -3.33. The van der Waals surface area contributed by atoms with E-state index in [0.29, 0.717) is 11.3 Å². The van der Waals surface area contributed by atoms with E-state index in [1.54, 1.807) is 31.2 Å². The van der Waals surface area contributed by atoms with E-state index in [9.17, 15) is 18.0 Å². The van der Waals surface area contributed by atoms with E-state index in [1.165, 1.54) is 25.3 Å². The maximum Gasteiger partial charge on any atom is 0.375 e. The second-order valence-electron chi connectivity index (χ2n) is 6.00. The molecule has 3 rings (SSSR count). The van der Waals surface area contributed by atoms with Crippen molar-refractivity contribution in [3.05, 3.63) is 58.4 Å². The molecular weight excluding hydrogens is 400 g/mol. The maximum atomic E-state index is 13.2. The Morgan fingerprint density at radius 2 is 1.86 bits per heavy atom. The molecule has 0 saturated carbocycles. The van der Waals surface area contributed by atoms with Crippen LogP contribution in [0.15, 0.2) is 51.7 Å². The zero-order chi connectivity index (χ0) is 21.2. The lowest BCUT2D eigenvalue weighted by atomic mass is 10.0. The number of carbonyl (C=O) groups is 1. The summed E-state index contributed by atoms with van der Waals surface area (Å²) in [6.07, 6.45) is 0.891. The molecule has 0 fully saturated rings. The second kappa shape index (κ2) is 7.96. The number of hydrogen-bond acceptors (Lipinski definition) is 8. The number of ether oxygens (including phenoxy) is 2. The molecule has 3 aromatic rings. The van der Waals surface area contributed by atoms with Crippen molar-refractivity contribution >= 4 is 27.1 Å². The van der Waals surface area contributed by atoms with Crippen molar-refractivity contribution in [2.45, 2.75) is 6.92 Å². The number of benzene rings is 2. The lowest BCUT2D eigenvalue weighted by molar-refractivity contribution is 0.0492. The fourth-order valence-electron chi connectivity index (χ4n) is 2.84. The van der Waals surface area contributed by atoms with Crippen molar-refractivity contribution < 1.29 is 31.3 Å². The van der Waals surface area contributed by atoms with E-state index in [0.717, 1.165) is 6.26 Å². The average molecular weight is 418 g/mol. The normalized spacial score (nSPS) is 11.3. The van der Waals surface area contributed by atoms with Gasteiger partial charge in [0.2, 0.25) is 11.2 Å². The smallest absolute Gasteiger partial charge is 0.375 e. The minimum absolute atomic E-state index is 0.00909. The van der Waals surface area contributed by atoms with Crippen LogP contribution in [-0.2, 0) is 14.9 Å². The van der Waals surface area contributed by atoms with Crippen molar-refractivity contribution in [3.63, 3.8) is 0 Å². The van der Waals surface area contributed by atoms with Crippen LogP contribution in [0, 0.1) is 0 Å². The predicted octanol–water partition coefficient (Wildman–Crippen LogP) is 2.98. The molecule has 0 atom stereocenters. The molecule has 0 bridgehead atoms. The number of fused-ring (bicyclic) bond motifs is 1. The Kier molecular flexibility index (Phi) is 5.60. The van der Waals surface area contributed by atoms with Crippen LogP contribution in [0.25, 0.3) is 22.1 Å². The summed E-state index contributed by atoms with van der Waals surface area (Å²) in [6.45, 7) is 1.70. The van der Waals surface area contributed by atoms with Crippen molar-refractivity contribution in [2.24, 2.45) is 0 Å². The first-order valence-electron chi connectivity index (χ1n) is 8.56. The van der Waals surface area contributed by atoms with Gasteiger partial charge in [-0.25, -0.2) is 4.79 Å². The van der Waals surface area contributed by atoms with Gasteiger partial charge in [-0.15, -0.1) is 0 Å². The molecule has 0 aliphatic heterocycles. The third-order valence-corrected chi connectivity index (χ3v) is 4.44. The van der Waals surface area contributed by atoms with Gasteiger partial charge in [-0.3, -0.25) is 4.79 Å². The Morgan fingerprint density at radius 3 is 2.52 bits per heavy atom. The largest absolute Gasteiger partial charge is 0.496 e. The molecule has 2 aromatic carbocycles. The summed E-state index contributed by atoms with van der Waals surface area (Å²) in [5.41, 5.74) is -0.155. The molecule has 0 aliphatic rings. The number of para-hydroxylation sites is 1. The highest BCUT2D eigenvalue weighted by Gasteiger charge is 2.25. The van der Waals surface area contributed by atoms with Gasteiger partial charge in [0.25, 0.3) is 0 Å². The van der Waals surface area contributed by atoms with Crippen LogP contribution in [0.3, 0.4) is 0 Å². The molecule has 0 spiro atoms. The molecule has 0 radical (unpaired) electrons. The summed E-state index contributed by atoms with van der Waals surface area (Å²) >= 11 is 0. The zero-order valence-electron chi connectivity index (χ0n) is 15.9. The molecule has 1 aromatic heterocycles. The van der Waals surface area contributed by atoms with Crippen molar-refractivity contribution in [2.75, 3.05) is 20.0 Å². The van der Waals surface area contributed by atoms with Crippen LogP contribution in [-0.4, -0.2) is 34.4 Å². The van der Waals surface area contributed by atoms with Gasteiger partial charge < -0.3 is 18.1 Å². The summed E-state index contributed by atoms with van der Waals surface area (Å²) in [4.78, 5) is 25.8. The summed E-state index contributed by atoms with van der Waals surface area (Å²) in [7, 11) is -2.33. The molecule has 0 amide bonds. The summed E-state index contributed by atoms with van der Waals surface area (Å²) in [5, 5.41) is 0.139. The van der Waals surface area contributed by atoms with Gasteiger partial charge in [-0.05, 0) is 25.1 Å². The molecule has 0 unspecified atom stereocenters. The zero-order valence-corrected chi connectivity index (χ0v) is 16.7. The average Bonchev–Trinajstić information content (AvgIpc) is 2.66. The topological polar surface area (TPSA) is 109 Å². The summed E-state index contributed by atoms with van der Waals surface area (Å²) in [6, 6.07) is 10.6. The molecule has 0 saturated heterocycles. The van der Waals surface area contributed by atoms with Crippen LogP contribution in [0.5, 0.6) is 11.5 Å². The van der Waals surface area contributed by atoms with Crippen molar-refractivity contribution in [3.8, 4) is 22.6 Å². The molecule has 8 nitrogen and oxygen atoms in total. The highest BCUT2D eigenvalue weighted by molar-refractivity contribution is 7.86. The number of rotatable bonds is 6. The quantitative estimate of drug-likeness (QED) is 0.444. The molecular formula is C20H18O8S. The van der Waals surface area contributed by atoms with E-state index >= 15 is 0 Å². The monoisotopic (exact) mass is 418 g/mol. The van der Waals surface area contributed by atoms with E-state index in [2.05, 4.69) is 0 Å². The van der Waals surface area contributed by atoms with Gasteiger partial charge in [-0.1, -0.05) is 18.2 Å². The van der Waals surface area contributed by atoms with Gasteiger partial charge in [0, 0.05) is 11.6 Å². The third-order valence-electron chi connectivity index (χ3n) is 3.95. The minimum Gasteiger partial charge on any atom is -0.496 e. The highest BCUT2D eigenvalue weighted by Crippen LogP contribution is 2.33. The van der Waals surface area contributed by atoms with Crippen LogP contribution in [0.2, 0.25) is 0 Å². The molecule has 1 heterocycles. The minimum atomic E-state index is -3.78. The van der Waals surface area contributed by atoms with Crippen LogP contribution >= 0.6 is 0 Å². The van der Waals surface area contributed by atoms with Gasteiger partial charge in [0.05, 0.1) is 30.9 Å². The van der Waals surface area contributed by atoms with Gasteiger partial charge >= 0.3 is 16.1 Å². The highest BCUT2D eigenvalue weighted by atomic mass is 32.2. The molecule has 0 aliphatic carbocycles. The van der Waals surface area contributed by atoms with E-state index in [4.69, 9.17) is 18.1 Å². The second-order valence-corrected chi connectivity index (χ2v) is 7.58. The Balaban J connectivity index is 2.34. The van der Waals surface area contributed by atoms with Crippen molar-refractivity contribution in [1.29, 1.82) is 0 Å². The molecule has 9 heteroatoms. The Bertz CT molecular complexity index is 1240. The van der Waals surface area contributed by atoms with Crippen LogP contribution < -0.4 is 14.3 Å².